The number of carboxylic acid groups (broad SMARTS) is 3. The zero-order chi connectivity index (χ0) is 13.2. The van der Waals surface area contributed by atoms with Gasteiger partial charge in [-0.1, -0.05) is 0 Å². The SMILES string of the molecule is CC(O)C(=O)[O-].O=C([O-])[O-].O=P([O-])([O-])[O-].[Ca+2].[Ca+2].[Ca+2]. The Balaban J connectivity index is -0.0000000282. The number of aliphatic carboxylic acids is 1. The van der Waals surface area contributed by atoms with E-state index in [1.807, 2.05) is 0 Å². The van der Waals surface area contributed by atoms with Crippen molar-refractivity contribution in [3.63, 3.8) is 0 Å². The van der Waals surface area contributed by atoms with Crippen LogP contribution in [0.2, 0.25) is 0 Å². The third kappa shape index (κ3) is 132. The molecule has 0 aliphatic heterocycles. The Morgan fingerprint density at radius 1 is 1.00 bits per heavy atom. The van der Waals surface area contributed by atoms with Crippen LogP contribution in [0, 0.1) is 0 Å². The topological polar surface area (TPSA) is 210 Å². The van der Waals surface area contributed by atoms with Crippen molar-refractivity contribution < 1.29 is 49.3 Å². The van der Waals surface area contributed by atoms with Crippen LogP contribution in [0.3, 0.4) is 0 Å². The van der Waals surface area contributed by atoms with Crippen molar-refractivity contribution in [2.45, 2.75) is 13.0 Å². The summed E-state index contributed by atoms with van der Waals surface area (Å²) in [6.07, 6.45) is -3.68. The van der Waals surface area contributed by atoms with Crippen LogP contribution in [-0.4, -0.2) is 137 Å². The van der Waals surface area contributed by atoms with E-state index >= 15 is 0 Å². The molecular formula is C4H5Ca3O10P. The van der Waals surface area contributed by atoms with E-state index in [1.165, 1.54) is 0 Å². The molecule has 0 amide bonds. The second kappa shape index (κ2) is 21.9. The number of rotatable bonds is 1. The van der Waals surface area contributed by atoms with Gasteiger partial charge in [0.25, 0.3) is 0 Å². The van der Waals surface area contributed by atoms with Crippen LogP contribution in [0.5, 0.6) is 0 Å². The number of aliphatic hydroxyl groups is 1. The maximum atomic E-state index is 9.34. The Bertz CT molecular complexity index is 227. The van der Waals surface area contributed by atoms with E-state index in [4.69, 9.17) is 39.4 Å². The van der Waals surface area contributed by atoms with Crippen LogP contribution < -0.4 is 30.0 Å². The number of hydrogen-bond donors (Lipinski definition) is 1. The maximum Gasteiger partial charge on any atom is 2.00 e. The van der Waals surface area contributed by atoms with Crippen molar-refractivity contribution in [2.24, 2.45) is 0 Å². The molecule has 0 aromatic carbocycles. The summed E-state index contributed by atoms with van der Waals surface area (Å²) in [7, 11) is -5.39. The second-order valence-electron chi connectivity index (χ2n) is 1.69. The molecule has 0 aliphatic carbocycles. The molecule has 0 spiro atoms. The summed E-state index contributed by atoms with van der Waals surface area (Å²) in [5.74, 6) is -1.44. The van der Waals surface area contributed by atoms with Crippen molar-refractivity contribution >= 4 is 133 Å². The zero-order valence-electron chi connectivity index (χ0n) is 9.27. The average Bonchev–Trinajstić information content (AvgIpc) is 1.80. The van der Waals surface area contributed by atoms with E-state index < -0.39 is 26.1 Å². The van der Waals surface area contributed by atoms with E-state index in [0.29, 0.717) is 0 Å². The van der Waals surface area contributed by atoms with Crippen LogP contribution in [0.4, 0.5) is 4.79 Å². The van der Waals surface area contributed by atoms with Gasteiger partial charge in [-0.15, -0.1) is 0 Å². The predicted molar refractivity (Wildman–Crippen MR) is 47.0 cm³/mol. The second-order valence-corrected chi connectivity index (χ2v) is 2.59. The summed E-state index contributed by atoms with van der Waals surface area (Å²) in [6, 6.07) is 0. The Hall–Kier alpha value is 2.59. The molecule has 0 aromatic rings. The summed E-state index contributed by atoms with van der Waals surface area (Å²) in [4.78, 5) is 43.3. The summed E-state index contributed by atoms with van der Waals surface area (Å²) < 4.78 is 8.55. The quantitative estimate of drug-likeness (QED) is 0.343. The largest absolute Gasteiger partial charge is 2.00 e. The fraction of sp³-hybridized carbons (Fsp3) is 0.500. The molecule has 0 rings (SSSR count). The molecule has 1 N–H and O–H groups in total. The fourth-order valence-electron chi connectivity index (χ4n) is 0. The molecule has 0 fully saturated rings. The van der Waals surface area contributed by atoms with Crippen LogP contribution in [0.15, 0.2) is 0 Å². The molecule has 0 saturated heterocycles. The van der Waals surface area contributed by atoms with Gasteiger partial charge < -0.3 is 49.3 Å². The molecule has 1 atom stereocenters. The molecule has 0 radical (unpaired) electrons. The minimum Gasteiger partial charge on any atom is -0.822 e. The predicted octanol–water partition coefficient (Wildman–Crippen LogP) is -8.30. The van der Waals surface area contributed by atoms with E-state index in [-0.39, 0.29) is 113 Å². The molecule has 18 heavy (non-hydrogen) atoms. The molecule has 1 unspecified atom stereocenters. The van der Waals surface area contributed by atoms with E-state index in [9.17, 15) is 9.90 Å². The van der Waals surface area contributed by atoms with Crippen molar-refractivity contribution in [3.8, 4) is 0 Å². The molecule has 92 valence electrons. The van der Waals surface area contributed by atoms with Crippen LogP contribution >= 0.6 is 7.82 Å². The van der Waals surface area contributed by atoms with E-state index in [2.05, 4.69) is 0 Å². The third-order valence-electron chi connectivity index (χ3n) is 0.341. The summed E-state index contributed by atoms with van der Waals surface area (Å²) in [5, 5.41) is 34.0. The van der Waals surface area contributed by atoms with Gasteiger partial charge in [0.15, 0.2) is 0 Å². The minimum absolute atomic E-state index is 0. The van der Waals surface area contributed by atoms with Crippen molar-refractivity contribution in [1.29, 1.82) is 0 Å². The Morgan fingerprint density at radius 2 is 1.06 bits per heavy atom. The maximum absolute atomic E-state index is 9.34. The molecule has 0 aliphatic rings. The van der Waals surface area contributed by atoms with Gasteiger partial charge in [0.2, 0.25) is 0 Å². The molecule has 0 saturated carbocycles. The van der Waals surface area contributed by atoms with E-state index in [1.54, 1.807) is 0 Å². The van der Waals surface area contributed by atoms with Gasteiger partial charge in [0, 0.05) is 0 Å². The molecule has 14 heteroatoms. The van der Waals surface area contributed by atoms with Gasteiger partial charge in [0.1, 0.15) is 0 Å². The summed E-state index contributed by atoms with van der Waals surface area (Å²) >= 11 is 0. The van der Waals surface area contributed by atoms with Gasteiger partial charge in [0.05, 0.1) is 12.1 Å². The monoisotopic (exact) mass is 364 g/mol. The van der Waals surface area contributed by atoms with Gasteiger partial charge in [-0.3, -0.25) is 0 Å². The first-order valence-electron chi connectivity index (χ1n) is 2.88. The van der Waals surface area contributed by atoms with Crippen LogP contribution in [0.25, 0.3) is 0 Å². The number of carbonyl (C=O) groups excluding carboxylic acids is 2. The Labute approximate surface area is 192 Å². The first-order valence-corrected chi connectivity index (χ1v) is 4.34. The summed E-state index contributed by atoms with van der Waals surface area (Å²) in [5.41, 5.74) is 0. The number of carboxylic acids is 1. The van der Waals surface area contributed by atoms with E-state index in [0.717, 1.165) is 6.92 Å². The smallest absolute Gasteiger partial charge is 0.822 e. The first-order chi connectivity index (χ1) is 6.37. The van der Waals surface area contributed by atoms with Crippen molar-refractivity contribution in [2.75, 3.05) is 0 Å². The molecule has 0 aromatic heterocycles. The normalized spacial score (nSPS) is 9.17. The molecular weight excluding hydrogens is 359 g/mol. The van der Waals surface area contributed by atoms with Crippen molar-refractivity contribution in [1.82, 2.24) is 0 Å². The van der Waals surface area contributed by atoms with Gasteiger partial charge >= 0.3 is 113 Å². The zero-order valence-corrected chi connectivity index (χ0v) is 16.8. The van der Waals surface area contributed by atoms with Gasteiger partial charge in [-0.2, -0.15) is 7.82 Å². The van der Waals surface area contributed by atoms with Gasteiger partial charge in [-0.05, 0) is 13.1 Å². The molecule has 0 bridgehead atoms. The Kier molecular flexibility index (Phi) is 45.1. The number of hydrogen-bond acceptors (Lipinski definition) is 10. The summed E-state index contributed by atoms with van der Waals surface area (Å²) in [6.45, 7) is 1.13. The third-order valence-corrected chi connectivity index (χ3v) is 0.341. The first kappa shape index (κ1) is 37.1. The van der Waals surface area contributed by atoms with Gasteiger partial charge in [-0.25, -0.2) is 0 Å². The molecule has 10 nitrogen and oxygen atoms in total. The Morgan fingerprint density at radius 3 is 1.06 bits per heavy atom. The minimum atomic E-state index is -5.39. The number of aliphatic hydroxyl groups excluding tert-OH is 1. The standard InChI is InChI=1S/C3H6O3.CH2O3.3Ca.H3O4P/c1-2(4)3(5)6;2-1(3)4;;;;1-5(2,3)4/h2,4H,1H3,(H,5,6);(H2,2,3,4);;;;(H3,1,2,3,4)/q;;3*+2;/p-6. The van der Waals surface area contributed by atoms with Crippen LogP contribution in [0.1, 0.15) is 6.92 Å². The van der Waals surface area contributed by atoms with Crippen LogP contribution in [-0.2, 0) is 9.36 Å². The van der Waals surface area contributed by atoms with Crippen molar-refractivity contribution in [3.05, 3.63) is 0 Å². The molecule has 0 heterocycles. The number of carbonyl (C=O) groups is 2. The average molecular weight is 364 g/mol. The number of phosphoric acid groups is 1. The fourth-order valence-corrected chi connectivity index (χ4v) is 0.